The number of anilines is 1. The van der Waals surface area contributed by atoms with Crippen molar-refractivity contribution < 1.29 is 4.79 Å². The highest BCUT2D eigenvalue weighted by Gasteiger charge is 2.25. The molecule has 1 aromatic carbocycles. The first-order chi connectivity index (χ1) is 8.32. The number of hydrogen-bond acceptors (Lipinski definition) is 2. The second kappa shape index (κ2) is 6.29. The first-order valence-electron chi connectivity index (χ1n) is 5.69. The van der Waals surface area contributed by atoms with Gasteiger partial charge in [0.2, 0.25) is 5.91 Å². The molecule has 0 heterocycles. The minimum absolute atomic E-state index is 0.0800. The highest BCUT2D eigenvalue weighted by Crippen LogP contribution is 2.22. The van der Waals surface area contributed by atoms with Gasteiger partial charge in [0.1, 0.15) is 0 Å². The van der Waals surface area contributed by atoms with Crippen molar-refractivity contribution in [2.24, 2.45) is 17.6 Å². The van der Waals surface area contributed by atoms with Crippen molar-refractivity contribution in [2.75, 3.05) is 5.32 Å². The maximum Gasteiger partial charge on any atom is 0.234 e. The van der Waals surface area contributed by atoms with E-state index < -0.39 is 5.92 Å². The Hall–Kier alpha value is -0.940. The van der Waals surface area contributed by atoms with E-state index in [0.29, 0.717) is 0 Å². The summed E-state index contributed by atoms with van der Waals surface area (Å²) < 4.78 is 0.955. The molecule has 1 amide bonds. The van der Waals surface area contributed by atoms with E-state index in [0.717, 1.165) is 15.7 Å². The van der Waals surface area contributed by atoms with E-state index in [1.807, 2.05) is 39.0 Å². The Morgan fingerprint density at radius 1 is 1.44 bits per heavy atom. The number of benzene rings is 1. The van der Waals surface area contributed by atoms with Crippen LogP contribution in [0.15, 0.2) is 22.7 Å². The van der Waals surface area contributed by atoms with Crippen LogP contribution in [0.2, 0.25) is 0 Å². The van der Waals surface area contributed by atoms with E-state index >= 15 is 0 Å². The first kappa shape index (κ1) is 15.1. The lowest BCUT2D eigenvalue weighted by Gasteiger charge is -2.19. The summed E-state index contributed by atoms with van der Waals surface area (Å²) in [5, 5.41) is 2.84. The third-order valence-corrected chi connectivity index (χ3v) is 3.80. The highest BCUT2D eigenvalue weighted by atomic mass is 79.9. The molecule has 3 N–H and O–H groups in total. The second-order valence-corrected chi connectivity index (χ2v) is 5.90. The molecule has 5 heteroatoms. The molecule has 0 spiro atoms. The number of hydrogen-bond donors (Lipinski definition) is 2. The van der Waals surface area contributed by atoms with Crippen LogP contribution in [-0.4, -0.2) is 10.9 Å². The van der Waals surface area contributed by atoms with E-state index in [9.17, 15) is 4.79 Å². The Morgan fingerprint density at radius 3 is 2.50 bits per heavy atom. The molecule has 0 saturated heterocycles. The summed E-state index contributed by atoms with van der Waals surface area (Å²) in [6.07, 6.45) is 0. The van der Waals surface area contributed by atoms with Crippen LogP contribution < -0.4 is 11.1 Å². The zero-order valence-corrected chi connectivity index (χ0v) is 13.1. The quantitative estimate of drug-likeness (QED) is 0.834. The van der Waals surface area contributed by atoms with Gasteiger partial charge < -0.3 is 11.1 Å². The summed E-state index contributed by atoms with van der Waals surface area (Å²) in [7, 11) is 0. The number of rotatable bonds is 4. The molecule has 0 aliphatic rings. The largest absolute Gasteiger partial charge is 0.393 e. The van der Waals surface area contributed by atoms with Crippen molar-refractivity contribution in [3.8, 4) is 0 Å². The van der Waals surface area contributed by atoms with Gasteiger partial charge in [-0.05, 0) is 30.5 Å². The summed E-state index contributed by atoms with van der Waals surface area (Å²) in [6.45, 7) is 5.84. The fourth-order valence-electron chi connectivity index (χ4n) is 1.65. The molecule has 0 saturated carbocycles. The molecule has 1 atom stereocenters. The van der Waals surface area contributed by atoms with Gasteiger partial charge in [-0.3, -0.25) is 4.79 Å². The molecule has 1 rings (SSSR count). The van der Waals surface area contributed by atoms with Crippen LogP contribution in [0.25, 0.3) is 0 Å². The minimum atomic E-state index is -0.444. The number of carbonyl (C=O) groups excluding carboxylic acids is 1. The van der Waals surface area contributed by atoms with Crippen molar-refractivity contribution in [3.63, 3.8) is 0 Å². The molecular weight excluding hydrogens is 312 g/mol. The summed E-state index contributed by atoms with van der Waals surface area (Å²) in [6, 6.07) is 5.66. The average Bonchev–Trinajstić information content (AvgIpc) is 2.22. The fraction of sp³-hybridized carbons (Fsp3) is 0.385. The molecule has 0 aliphatic carbocycles. The van der Waals surface area contributed by atoms with Gasteiger partial charge in [-0.25, -0.2) is 0 Å². The third-order valence-electron chi connectivity index (χ3n) is 2.70. The van der Waals surface area contributed by atoms with Crippen LogP contribution in [0.4, 0.5) is 5.69 Å². The molecule has 0 aliphatic heterocycles. The number of nitrogens with one attached hydrogen (secondary N) is 1. The maximum absolute atomic E-state index is 12.1. The summed E-state index contributed by atoms with van der Waals surface area (Å²) >= 11 is 8.37. The van der Waals surface area contributed by atoms with E-state index in [2.05, 4.69) is 21.2 Å². The van der Waals surface area contributed by atoms with E-state index in [-0.39, 0.29) is 16.8 Å². The van der Waals surface area contributed by atoms with E-state index in [1.54, 1.807) is 0 Å². The monoisotopic (exact) mass is 328 g/mol. The van der Waals surface area contributed by atoms with Crippen molar-refractivity contribution in [1.29, 1.82) is 0 Å². The zero-order chi connectivity index (χ0) is 13.9. The van der Waals surface area contributed by atoms with Crippen LogP contribution in [0.1, 0.15) is 19.4 Å². The van der Waals surface area contributed by atoms with Crippen LogP contribution in [-0.2, 0) is 4.79 Å². The number of thiocarbonyl (C=S) groups is 1. The second-order valence-electron chi connectivity index (χ2n) is 4.58. The maximum atomic E-state index is 12.1. The molecule has 18 heavy (non-hydrogen) atoms. The number of aryl methyl sites for hydroxylation is 1. The van der Waals surface area contributed by atoms with Crippen LogP contribution >= 0.6 is 28.1 Å². The van der Waals surface area contributed by atoms with Crippen molar-refractivity contribution in [3.05, 3.63) is 28.2 Å². The van der Waals surface area contributed by atoms with Gasteiger partial charge in [0.05, 0.1) is 10.9 Å². The van der Waals surface area contributed by atoms with Gasteiger partial charge in [0.25, 0.3) is 0 Å². The molecule has 1 aromatic rings. The predicted molar refractivity (Wildman–Crippen MR) is 82.6 cm³/mol. The average molecular weight is 329 g/mol. The fourth-order valence-corrected chi connectivity index (χ4v) is 2.41. The normalized spacial score (nSPS) is 12.3. The Kier molecular flexibility index (Phi) is 5.28. The van der Waals surface area contributed by atoms with Gasteiger partial charge >= 0.3 is 0 Å². The Morgan fingerprint density at radius 2 is 2.06 bits per heavy atom. The van der Waals surface area contributed by atoms with Gasteiger partial charge in [-0.15, -0.1) is 0 Å². The number of nitrogens with two attached hydrogens (primary N) is 1. The van der Waals surface area contributed by atoms with Crippen molar-refractivity contribution >= 4 is 44.7 Å². The van der Waals surface area contributed by atoms with Crippen LogP contribution in [0, 0.1) is 18.8 Å². The lowest BCUT2D eigenvalue weighted by Crippen LogP contribution is -2.36. The number of carbonyl (C=O) groups is 1. The summed E-state index contributed by atoms with van der Waals surface area (Å²) in [5.41, 5.74) is 7.46. The van der Waals surface area contributed by atoms with Crippen LogP contribution in [0.3, 0.4) is 0 Å². The van der Waals surface area contributed by atoms with Gasteiger partial charge in [-0.2, -0.15) is 0 Å². The molecular formula is C13H17BrN2OS. The topological polar surface area (TPSA) is 55.1 Å². The molecule has 0 bridgehead atoms. The lowest BCUT2D eigenvalue weighted by atomic mass is 9.95. The molecule has 3 nitrogen and oxygen atoms in total. The summed E-state index contributed by atoms with van der Waals surface area (Å²) in [4.78, 5) is 12.3. The van der Waals surface area contributed by atoms with Gasteiger partial charge in [0.15, 0.2) is 0 Å². The molecule has 0 aromatic heterocycles. The van der Waals surface area contributed by atoms with Crippen molar-refractivity contribution in [2.45, 2.75) is 20.8 Å². The van der Waals surface area contributed by atoms with Crippen molar-refractivity contribution in [1.82, 2.24) is 0 Å². The molecule has 0 fully saturated rings. The zero-order valence-electron chi connectivity index (χ0n) is 10.7. The SMILES string of the molecule is Cc1ccc(NC(=O)C(C(N)=S)C(C)C)cc1Br. The highest BCUT2D eigenvalue weighted by molar-refractivity contribution is 9.10. The van der Waals surface area contributed by atoms with E-state index in [1.165, 1.54) is 0 Å². The Balaban J connectivity index is 2.86. The number of halogens is 1. The third kappa shape index (κ3) is 3.78. The predicted octanol–water partition coefficient (Wildman–Crippen LogP) is 3.25. The molecule has 98 valence electrons. The van der Waals surface area contributed by atoms with Gasteiger partial charge in [-0.1, -0.05) is 48.1 Å². The standard InChI is InChI=1S/C13H17BrN2OS/c1-7(2)11(12(15)18)13(17)16-9-5-4-8(3)10(14)6-9/h4-7,11H,1-3H3,(H2,15,18)(H,16,17). The minimum Gasteiger partial charge on any atom is -0.393 e. The lowest BCUT2D eigenvalue weighted by molar-refractivity contribution is -0.118. The first-order valence-corrected chi connectivity index (χ1v) is 6.89. The van der Waals surface area contributed by atoms with E-state index in [4.69, 9.17) is 18.0 Å². The Bertz CT molecular complexity index is 474. The smallest absolute Gasteiger partial charge is 0.234 e. The van der Waals surface area contributed by atoms with Gasteiger partial charge in [0, 0.05) is 10.2 Å². The van der Waals surface area contributed by atoms with Crippen LogP contribution in [0.5, 0.6) is 0 Å². The molecule has 0 radical (unpaired) electrons. The summed E-state index contributed by atoms with van der Waals surface area (Å²) in [5.74, 6) is -0.523. The molecule has 1 unspecified atom stereocenters. The number of amides is 1. The Labute approximate surface area is 121 Å².